The summed E-state index contributed by atoms with van der Waals surface area (Å²) in [6, 6.07) is 0. The van der Waals surface area contributed by atoms with Crippen LogP contribution in [0.3, 0.4) is 0 Å². The Morgan fingerprint density at radius 2 is 1.80 bits per heavy atom. The van der Waals surface area contributed by atoms with Crippen LogP contribution >= 0.6 is 0 Å². The third-order valence-corrected chi connectivity index (χ3v) is 4.95. The molecule has 0 radical (unpaired) electrons. The molecule has 1 heteroatoms. The number of hydrogen-bond donors (Lipinski definition) is 0. The zero-order valence-electron chi connectivity index (χ0n) is 10.2. The molecule has 0 saturated heterocycles. The van der Waals surface area contributed by atoms with Crippen molar-refractivity contribution in [3.8, 4) is 0 Å². The summed E-state index contributed by atoms with van der Waals surface area (Å²) < 4.78 is 0. The van der Waals surface area contributed by atoms with Gasteiger partial charge in [0.05, 0.1) is 0 Å². The maximum Gasteiger partial charge on any atom is 0.135 e. The average Bonchev–Trinajstić information content (AvgIpc) is 2.60. The number of ketones is 1. The number of carbonyl (C=O) groups is 1. The molecule has 2 aliphatic carbocycles. The summed E-state index contributed by atoms with van der Waals surface area (Å²) in [7, 11) is 0. The van der Waals surface area contributed by atoms with Gasteiger partial charge in [0.1, 0.15) is 5.78 Å². The monoisotopic (exact) mass is 208 g/mol. The third kappa shape index (κ3) is 2.26. The molecule has 0 spiro atoms. The fraction of sp³-hybridized carbons (Fsp3) is 0.929. The first kappa shape index (κ1) is 11.2. The van der Waals surface area contributed by atoms with E-state index in [1.807, 2.05) is 0 Å². The molecular formula is C14H24O. The lowest BCUT2D eigenvalue weighted by atomic mass is 9.72. The minimum absolute atomic E-state index is 0.369. The summed E-state index contributed by atoms with van der Waals surface area (Å²) in [5.41, 5.74) is 0. The van der Waals surface area contributed by atoms with Crippen LogP contribution in [-0.4, -0.2) is 5.78 Å². The number of carbonyl (C=O) groups excluding carboxylic acids is 1. The van der Waals surface area contributed by atoms with Crippen LogP contribution in [0.2, 0.25) is 0 Å². The predicted molar refractivity (Wildman–Crippen MR) is 62.6 cm³/mol. The van der Waals surface area contributed by atoms with E-state index in [2.05, 4.69) is 13.8 Å². The summed E-state index contributed by atoms with van der Waals surface area (Å²) in [6.45, 7) is 4.47. The molecular weight excluding hydrogens is 184 g/mol. The molecule has 2 atom stereocenters. The van der Waals surface area contributed by atoms with E-state index in [1.165, 1.54) is 38.5 Å². The summed E-state index contributed by atoms with van der Waals surface area (Å²) in [6.07, 6.45) is 9.01. The molecule has 0 aromatic rings. The van der Waals surface area contributed by atoms with E-state index in [0.29, 0.717) is 11.7 Å². The summed E-state index contributed by atoms with van der Waals surface area (Å²) in [5, 5.41) is 0. The highest BCUT2D eigenvalue weighted by Crippen LogP contribution is 2.42. The molecule has 15 heavy (non-hydrogen) atoms. The first-order valence-electron chi connectivity index (χ1n) is 6.75. The molecule has 0 N–H and O–H groups in total. The van der Waals surface area contributed by atoms with E-state index in [-0.39, 0.29) is 0 Å². The Morgan fingerprint density at radius 3 is 2.27 bits per heavy atom. The number of Topliss-reactive ketones (excluding diaryl/α,β-unsaturated/α-hetero) is 1. The highest BCUT2D eigenvalue weighted by atomic mass is 16.1. The maximum absolute atomic E-state index is 11.5. The zero-order chi connectivity index (χ0) is 10.8. The van der Waals surface area contributed by atoms with Gasteiger partial charge in [0.2, 0.25) is 0 Å². The quantitative estimate of drug-likeness (QED) is 0.674. The van der Waals surface area contributed by atoms with Gasteiger partial charge in [0.25, 0.3) is 0 Å². The lowest BCUT2D eigenvalue weighted by molar-refractivity contribution is -0.121. The van der Waals surface area contributed by atoms with Crippen LogP contribution in [0.25, 0.3) is 0 Å². The van der Waals surface area contributed by atoms with Crippen LogP contribution in [-0.2, 0) is 4.79 Å². The summed E-state index contributed by atoms with van der Waals surface area (Å²) in [4.78, 5) is 11.5. The second-order valence-electron chi connectivity index (χ2n) is 5.65. The Morgan fingerprint density at radius 1 is 1.13 bits per heavy atom. The molecule has 1 nitrogen and oxygen atoms in total. The van der Waals surface area contributed by atoms with Crippen LogP contribution in [0.1, 0.15) is 58.8 Å². The largest absolute Gasteiger partial charge is 0.299 e. The van der Waals surface area contributed by atoms with Crippen molar-refractivity contribution < 1.29 is 4.79 Å². The normalized spacial score (nSPS) is 42.1. The molecule has 2 unspecified atom stereocenters. The van der Waals surface area contributed by atoms with Gasteiger partial charge in [-0.2, -0.15) is 0 Å². The Hall–Kier alpha value is -0.330. The predicted octanol–water partition coefficient (Wildman–Crippen LogP) is 3.82. The minimum atomic E-state index is 0.369. The number of hydrogen-bond acceptors (Lipinski definition) is 1. The van der Waals surface area contributed by atoms with Crippen molar-refractivity contribution in [2.75, 3.05) is 0 Å². The van der Waals surface area contributed by atoms with Gasteiger partial charge >= 0.3 is 0 Å². The molecule has 0 aliphatic heterocycles. The SMILES string of the molecule is CCC1CCC(C2CCC(=O)C2C)CC1. The number of rotatable bonds is 2. The summed E-state index contributed by atoms with van der Waals surface area (Å²) in [5.74, 6) is 3.48. The minimum Gasteiger partial charge on any atom is -0.299 e. The van der Waals surface area contributed by atoms with Gasteiger partial charge < -0.3 is 0 Å². The Kier molecular flexibility index (Phi) is 3.48. The van der Waals surface area contributed by atoms with Crippen LogP contribution < -0.4 is 0 Å². The smallest absolute Gasteiger partial charge is 0.135 e. The van der Waals surface area contributed by atoms with Crippen LogP contribution in [0, 0.1) is 23.7 Å². The first-order valence-corrected chi connectivity index (χ1v) is 6.75. The zero-order valence-corrected chi connectivity index (χ0v) is 10.2. The first-order chi connectivity index (χ1) is 7.22. The molecule has 0 aromatic heterocycles. The Bertz CT molecular complexity index is 225. The topological polar surface area (TPSA) is 17.1 Å². The van der Waals surface area contributed by atoms with Gasteiger partial charge in [0, 0.05) is 12.3 Å². The van der Waals surface area contributed by atoms with Gasteiger partial charge in [-0.3, -0.25) is 4.79 Å². The molecule has 0 amide bonds. The maximum atomic E-state index is 11.5. The van der Waals surface area contributed by atoms with Crippen molar-refractivity contribution >= 4 is 5.78 Å². The van der Waals surface area contributed by atoms with E-state index in [1.54, 1.807) is 0 Å². The van der Waals surface area contributed by atoms with Gasteiger partial charge in [-0.05, 0) is 37.0 Å². The fourth-order valence-corrected chi connectivity index (χ4v) is 3.69. The summed E-state index contributed by atoms with van der Waals surface area (Å²) >= 11 is 0. The molecule has 2 aliphatic rings. The average molecular weight is 208 g/mol. The van der Waals surface area contributed by atoms with Gasteiger partial charge in [0.15, 0.2) is 0 Å². The van der Waals surface area contributed by atoms with Crippen LogP contribution in [0.4, 0.5) is 0 Å². The van der Waals surface area contributed by atoms with Crippen LogP contribution in [0.5, 0.6) is 0 Å². The van der Waals surface area contributed by atoms with Crippen LogP contribution in [0.15, 0.2) is 0 Å². The standard InChI is InChI=1S/C14H24O/c1-3-11-4-6-12(7-5-11)13-8-9-14(15)10(13)2/h10-13H,3-9H2,1-2H3. The highest BCUT2D eigenvalue weighted by molar-refractivity contribution is 5.83. The Balaban J connectivity index is 1.88. The molecule has 0 bridgehead atoms. The second kappa shape index (κ2) is 4.67. The molecule has 0 heterocycles. The molecule has 2 fully saturated rings. The van der Waals surface area contributed by atoms with Gasteiger partial charge in [-0.25, -0.2) is 0 Å². The van der Waals surface area contributed by atoms with Crippen molar-refractivity contribution in [1.29, 1.82) is 0 Å². The van der Waals surface area contributed by atoms with Crippen molar-refractivity contribution in [2.45, 2.75) is 58.8 Å². The van der Waals surface area contributed by atoms with E-state index in [0.717, 1.165) is 24.2 Å². The Labute approximate surface area is 93.6 Å². The van der Waals surface area contributed by atoms with Gasteiger partial charge in [-0.1, -0.05) is 33.1 Å². The van der Waals surface area contributed by atoms with E-state index in [9.17, 15) is 4.79 Å². The fourth-order valence-electron chi connectivity index (χ4n) is 3.69. The molecule has 2 rings (SSSR count). The van der Waals surface area contributed by atoms with E-state index in [4.69, 9.17) is 0 Å². The van der Waals surface area contributed by atoms with Crippen molar-refractivity contribution in [3.63, 3.8) is 0 Å². The van der Waals surface area contributed by atoms with Crippen molar-refractivity contribution in [3.05, 3.63) is 0 Å². The lowest BCUT2D eigenvalue weighted by Gasteiger charge is -2.33. The second-order valence-corrected chi connectivity index (χ2v) is 5.65. The van der Waals surface area contributed by atoms with Crippen molar-refractivity contribution in [1.82, 2.24) is 0 Å². The highest BCUT2D eigenvalue weighted by Gasteiger charge is 2.37. The van der Waals surface area contributed by atoms with E-state index >= 15 is 0 Å². The molecule has 0 aromatic carbocycles. The third-order valence-electron chi connectivity index (χ3n) is 4.95. The molecule has 86 valence electrons. The van der Waals surface area contributed by atoms with Gasteiger partial charge in [-0.15, -0.1) is 0 Å². The molecule has 2 saturated carbocycles. The lowest BCUT2D eigenvalue weighted by Crippen LogP contribution is -2.24. The van der Waals surface area contributed by atoms with Crippen molar-refractivity contribution in [2.24, 2.45) is 23.7 Å². The van der Waals surface area contributed by atoms with E-state index < -0.39 is 0 Å².